The number of hydrogen-bond acceptors (Lipinski definition) is 5. The van der Waals surface area contributed by atoms with Gasteiger partial charge in [-0.1, -0.05) is 72.9 Å². The lowest BCUT2D eigenvalue weighted by Gasteiger charge is -2.32. The second kappa shape index (κ2) is 14.4. The summed E-state index contributed by atoms with van der Waals surface area (Å²) >= 11 is 12.6. The molecular formula is C29H33Cl2N3O5S. The topological polar surface area (TPSA) is 96.0 Å². The van der Waals surface area contributed by atoms with Gasteiger partial charge in [-0.15, -0.1) is 0 Å². The van der Waals surface area contributed by atoms with Gasteiger partial charge < -0.3 is 15.0 Å². The van der Waals surface area contributed by atoms with E-state index in [1.54, 1.807) is 55.5 Å². The number of unbranched alkanes of at least 4 members (excludes halogenated alkanes) is 1. The number of carbonyl (C=O) groups excluding carboxylic acids is 2. The largest absolute Gasteiger partial charge is 0.495 e. The van der Waals surface area contributed by atoms with Gasteiger partial charge in [0.1, 0.15) is 18.3 Å². The molecule has 40 heavy (non-hydrogen) atoms. The van der Waals surface area contributed by atoms with E-state index in [-0.39, 0.29) is 33.8 Å². The summed E-state index contributed by atoms with van der Waals surface area (Å²) in [5.41, 5.74) is 0.702. The van der Waals surface area contributed by atoms with Crippen LogP contribution in [0.5, 0.6) is 5.75 Å². The molecule has 3 aromatic carbocycles. The summed E-state index contributed by atoms with van der Waals surface area (Å²) in [6, 6.07) is 18.3. The van der Waals surface area contributed by atoms with Crippen LogP contribution >= 0.6 is 23.2 Å². The van der Waals surface area contributed by atoms with Crippen LogP contribution in [0.4, 0.5) is 5.69 Å². The number of ether oxygens (including phenoxy) is 1. The summed E-state index contributed by atoms with van der Waals surface area (Å²) in [5.74, 6) is -0.758. The Morgan fingerprint density at radius 3 is 2.33 bits per heavy atom. The molecule has 0 radical (unpaired) electrons. The summed E-state index contributed by atoms with van der Waals surface area (Å²) < 4.78 is 34.2. The lowest BCUT2D eigenvalue weighted by molar-refractivity contribution is -0.139. The van der Waals surface area contributed by atoms with Crippen molar-refractivity contribution in [3.8, 4) is 5.75 Å². The fourth-order valence-electron chi connectivity index (χ4n) is 4.02. The molecule has 3 aromatic rings. The minimum Gasteiger partial charge on any atom is -0.495 e. The van der Waals surface area contributed by atoms with E-state index in [2.05, 4.69) is 5.32 Å². The second-order valence-electron chi connectivity index (χ2n) is 9.07. The summed E-state index contributed by atoms with van der Waals surface area (Å²) in [6.45, 7) is 3.44. The maximum absolute atomic E-state index is 14.0. The summed E-state index contributed by atoms with van der Waals surface area (Å²) in [5, 5.41) is 3.53. The number of nitrogens with one attached hydrogen (secondary N) is 1. The highest BCUT2D eigenvalue weighted by Gasteiger charge is 2.34. The van der Waals surface area contributed by atoms with E-state index >= 15 is 0 Å². The number of anilines is 1. The first-order chi connectivity index (χ1) is 19.1. The van der Waals surface area contributed by atoms with Crippen molar-refractivity contribution in [1.82, 2.24) is 10.2 Å². The van der Waals surface area contributed by atoms with Crippen molar-refractivity contribution in [3.05, 3.63) is 88.4 Å². The average molecular weight is 607 g/mol. The van der Waals surface area contributed by atoms with Crippen LogP contribution in [0, 0.1) is 0 Å². The van der Waals surface area contributed by atoms with Crippen molar-refractivity contribution in [2.24, 2.45) is 0 Å². The third-order valence-electron chi connectivity index (χ3n) is 6.32. The molecule has 0 aromatic heterocycles. The maximum atomic E-state index is 14.0. The normalized spacial score (nSPS) is 11.9. The molecule has 1 atom stereocenters. The van der Waals surface area contributed by atoms with Gasteiger partial charge in [-0.05, 0) is 55.3 Å². The number of carbonyl (C=O) groups is 2. The molecule has 0 saturated heterocycles. The SMILES string of the molecule is CCCCNC(=O)[C@H](C)N(Cc1ccccc1Cl)C(=O)CN(c1cc(Cl)ccc1OC)S(=O)(=O)c1ccccc1. The van der Waals surface area contributed by atoms with Crippen molar-refractivity contribution in [2.45, 2.75) is 44.2 Å². The zero-order chi connectivity index (χ0) is 29.3. The zero-order valence-corrected chi connectivity index (χ0v) is 25.0. The smallest absolute Gasteiger partial charge is 0.264 e. The standard InChI is InChI=1S/C29H33Cl2N3O5S/c1-4-5-17-32-29(36)21(2)33(19-22-11-9-10-14-25(22)31)28(35)20-34(26-18-23(30)15-16-27(26)39-3)40(37,38)24-12-7-6-8-13-24/h6-16,18,21H,4-5,17,19-20H2,1-3H3,(H,32,36)/t21-/m0/s1. The van der Waals surface area contributed by atoms with Crippen molar-refractivity contribution in [3.63, 3.8) is 0 Å². The number of halogens is 2. The Morgan fingerprint density at radius 2 is 1.68 bits per heavy atom. The van der Waals surface area contributed by atoms with Gasteiger partial charge in [-0.3, -0.25) is 13.9 Å². The second-order valence-corrected chi connectivity index (χ2v) is 11.8. The lowest BCUT2D eigenvalue weighted by atomic mass is 10.1. The number of benzene rings is 3. The summed E-state index contributed by atoms with van der Waals surface area (Å²) in [6.07, 6.45) is 1.68. The molecular weight excluding hydrogens is 573 g/mol. The van der Waals surface area contributed by atoms with Gasteiger partial charge in [0, 0.05) is 23.1 Å². The first-order valence-electron chi connectivity index (χ1n) is 12.8. The molecule has 0 aliphatic rings. The molecule has 0 fully saturated rings. The Hall–Kier alpha value is -3.27. The van der Waals surface area contributed by atoms with Gasteiger partial charge in [-0.2, -0.15) is 0 Å². The molecule has 0 saturated carbocycles. The van der Waals surface area contributed by atoms with Gasteiger partial charge in [0.15, 0.2) is 0 Å². The lowest BCUT2D eigenvalue weighted by Crippen LogP contribution is -2.51. The van der Waals surface area contributed by atoms with Crippen LogP contribution < -0.4 is 14.4 Å². The Morgan fingerprint density at radius 1 is 1.00 bits per heavy atom. The molecule has 2 amide bonds. The monoisotopic (exact) mass is 605 g/mol. The fraction of sp³-hybridized carbons (Fsp3) is 0.310. The molecule has 214 valence electrons. The van der Waals surface area contributed by atoms with E-state index < -0.39 is 28.5 Å². The molecule has 0 bridgehead atoms. The molecule has 1 N–H and O–H groups in total. The average Bonchev–Trinajstić information content (AvgIpc) is 2.95. The highest BCUT2D eigenvalue weighted by atomic mass is 35.5. The van der Waals surface area contributed by atoms with Gasteiger partial charge in [0.2, 0.25) is 11.8 Å². The Bertz CT molecular complexity index is 1420. The van der Waals surface area contributed by atoms with E-state index in [9.17, 15) is 18.0 Å². The Kier molecular flexibility index (Phi) is 11.2. The molecule has 0 spiro atoms. The minimum atomic E-state index is -4.26. The number of sulfonamides is 1. The van der Waals surface area contributed by atoms with Crippen molar-refractivity contribution in [1.29, 1.82) is 0 Å². The zero-order valence-electron chi connectivity index (χ0n) is 22.6. The van der Waals surface area contributed by atoms with Crippen LogP contribution in [0.15, 0.2) is 77.7 Å². The van der Waals surface area contributed by atoms with Crippen molar-refractivity contribution in [2.75, 3.05) is 24.5 Å². The number of methoxy groups -OCH3 is 1. The van der Waals surface area contributed by atoms with E-state index in [1.165, 1.54) is 36.3 Å². The van der Waals surface area contributed by atoms with E-state index in [0.29, 0.717) is 17.1 Å². The van der Waals surface area contributed by atoms with Crippen molar-refractivity contribution < 1.29 is 22.7 Å². The molecule has 0 unspecified atom stereocenters. The summed E-state index contributed by atoms with van der Waals surface area (Å²) in [4.78, 5) is 28.4. The van der Waals surface area contributed by atoms with Gasteiger partial charge >= 0.3 is 0 Å². The van der Waals surface area contributed by atoms with Gasteiger partial charge in [0.25, 0.3) is 10.0 Å². The quantitative estimate of drug-likeness (QED) is 0.258. The van der Waals surface area contributed by atoms with Crippen LogP contribution in [0.1, 0.15) is 32.3 Å². The minimum absolute atomic E-state index is 0.00717. The number of amides is 2. The van der Waals surface area contributed by atoms with Gasteiger partial charge in [0.05, 0.1) is 17.7 Å². The molecule has 3 rings (SSSR count). The Labute approximate surface area is 245 Å². The predicted octanol–water partition coefficient (Wildman–Crippen LogP) is 5.53. The highest BCUT2D eigenvalue weighted by Crippen LogP contribution is 2.35. The van der Waals surface area contributed by atoms with Gasteiger partial charge in [-0.25, -0.2) is 8.42 Å². The molecule has 11 heteroatoms. The maximum Gasteiger partial charge on any atom is 0.264 e. The number of rotatable bonds is 13. The van der Waals surface area contributed by atoms with E-state index in [0.717, 1.165) is 17.1 Å². The fourth-order valence-corrected chi connectivity index (χ4v) is 5.82. The molecule has 0 aliphatic heterocycles. The Balaban J connectivity index is 2.07. The van der Waals surface area contributed by atoms with E-state index in [4.69, 9.17) is 27.9 Å². The number of hydrogen-bond donors (Lipinski definition) is 1. The van der Waals surface area contributed by atoms with Crippen LogP contribution in [-0.2, 0) is 26.2 Å². The van der Waals surface area contributed by atoms with Crippen molar-refractivity contribution >= 4 is 50.7 Å². The first kappa shape index (κ1) is 31.3. The highest BCUT2D eigenvalue weighted by molar-refractivity contribution is 7.92. The first-order valence-corrected chi connectivity index (χ1v) is 15.0. The molecule has 8 nitrogen and oxygen atoms in total. The predicted molar refractivity (Wildman–Crippen MR) is 158 cm³/mol. The number of nitrogens with zero attached hydrogens (tertiary/aromatic N) is 2. The molecule has 0 heterocycles. The van der Waals surface area contributed by atoms with Crippen LogP contribution in [0.2, 0.25) is 10.0 Å². The third kappa shape index (κ3) is 7.68. The summed E-state index contributed by atoms with van der Waals surface area (Å²) in [7, 11) is -2.86. The van der Waals surface area contributed by atoms with Crippen LogP contribution in [0.3, 0.4) is 0 Å². The van der Waals surface area contributed by atoms with E-state index in [1.807, 2.05) is 6.92 Å². The third-order valence-corrected chi connectivity index (χ3v) is 8.69. The van der Waals surface area contributed by atoms with Crippen LogP contribution in [-0.4, -0.2) is 51.4 Å². The molecule has 0 aliphatic carbocycles. The van der Waals surface area contributed by atoms with Crippen LogP contribution in [0.25, 0.3) is 0 Å².